The minimum atomic E-state index is -0.337. The predicted octanol–water partition coefficient (Wildman–Crippen LogP) is 4.38. The molecule has 0 radical (unpaired) electrons. The second-order valence-corrected chi connectivity index (χ2v) is 8.40. The molecule has 32 heavy (non-hydrogen) atoms. The number of rotatable bonds is 5. The Morgan fingerprint density at radius 3 is 2.66 bits per heavy atom. The Labute approximate surface area is 186 Å². The number of carbonyl (C=O) groups is 2. The van der Waals surface area contributed by atoms with Crippen molar-refractivity contribution in [1.82, 2.24) is 14.5 Å². The lowest BCUT2D eigenvalue weighted by atomic mass is 10.1. The van der Waals surface area contributed by atoms with Gasteiger partial charge >= 0.3 is 0 Å². The van der Waals surface area contributed by atoms with Crippen LogP contribution in [0, 0.1) is 6.92 Å². The topological polar surface area (TPSA) is 96.8 Å². The number of thiophene rings is 1. The maximum atomic E-state index is 13.2. The lowest BCUT2D eigenvalue weighted by Crippen LogP contribution is -2.24. The van der Waals surface area contributed by atoms with Gasteiger partial charge < -0.3 is 10.3 Å². The van der Waals surface area contributed by atoms with E-state index in [1.54, 1.807) is 25.3 Å². The zero-order valence-electron chi connectivity index (χ0n) is 17.1. The predicted molar refractivity (Wildman–Crippen MR) is 126 cm³/mol. The van der Waals surface area contributed by atoms with Gasteiger partial charge in [-0.2, -0.15) is 0 Å². The first kappa shape index (κ1) is 19.9. The number of benzene rings is 2. The summed E-state index contributed by atoms with van der Waals surface area (Å²) in [6.45, 7) is 1.60. The molecule has 2 N–H and O–H groups in total. The van der Waals surface area contributed by atoms with Crippen LogP contribution in [-0.4, -0.2) is 26.2 Å². The summed E-state index contributed by atoms with van der Waals surface area (Å²) in [5.74, 6) is -0.488. The average molecular weight is 443 g/mol. The molecule has 0 saturated heterocycles. The number of H-pyrrole nitrogens is 1. The lowest BCUT2D eigenvalue weighted by molar-refractivity contribution is 0.0971. The SMILES string of the molecule is Cc1c(C(=O)Nc2ccccc2)sc2ncn(CC(=O)c3c[nH]c4ccccc34)c(=O)c12. The van der Waals surface area contributed by atoms with Gasteiger partial charge in [0.2, 0.25) is 0 Å². The van der Waals surface area contributed by atoms with Gasteiger partial charge in [0, 0.05) is 28.4 Å². The second-order valence-electron chi connectivity index (χ2n) is 7.41. The number of Topliss-reactive ketones (excluding diaryl/α,β-unsaturated/α-hetero) is 1. The van der Waals surface area contributed by atoms with E-state index in [1.807, 2.05) is 42.5 Å². The summed E-state index contributed by atoms with van der Waals surface area (Å²) in [6, 6.07) is 16.6. The number of ketones is 1. The molecule has 0 bridgehead atoms. The Bertz CT molecular complexity index is 1550. The normalized spacial score (nSPS) is 11.2. The molecule has 2 aromatic carbocycles. The minimum absolute atomic E-state index is 0.134. The first-order valence-electron chi connectivity index (χ1n) is 9.97. The highest BCUT2D eigenvalue weighted by Gasteiger charge is 2.21. The molecule has 0 aliphatic carbocycles. The number of aromatic nitrogens is 3. The van der Waals surface area contributed by atoms with Crippen molar-refractivity contribution in [3.05, 3.63) is 93.5 Å². The zero-order chi connectivity index (χ0) is 22.2. The molecule has 8 heteroatoms. The Morgan fingerprint density at radius 1 is 1.09 bits per heavy atom. The summed E-state index contributed by atoms with van der Waals surface area (Å²) < 4.78 is 1.30. The van der Waals surface area contributed by atoms with Crippen LogP contribution in [0.1, 0.15) is 25.6 Å². The zero-order valence-corrected chi connectivity index (χ0v) is 17.9. The smallest absolute Gasteiger partial charge is 0.266 e. The molecule has 0 aliphatic heterocycles. The molecule has 0 spiro atoms. The molecule has 3 heterocycles. The molecular weight excluding hydrogens is 424 g/mol. The fourth-order valence-electron chi connectivity index (χ4n) is 3.74. The Hall–Kier alpha value is -4.04. The van der Waals surface area contributed by atoms with Crippen LogP contribution < -0.4 is 10.9 Å². The number of aryl methyl sites for hydroxylation is 1. The van der Waals surface area contributed by atoms with Crippen LogP contribution in [0.2, 0.25) is 0 Å². The molecule has 5 rings (SSSR count). The van der Waals surface area contributed by atoms with Crippen molar-refractivity contribution >= 4 is 49.8 Å². The monoisotopic (exact) mass is 442 g/mol. The largest absolute Gasteiger partial charge is 0.360 e. The minimum Gasteiger partial charge on any atom is -0.360 e. The van der Waals surface area contributed by atoms with Crippen molar-refractivity contribution in [1.29, 1.82) is 0 Å². The highest BCUT2D eigenvalue weighted by molar-refractivity contribution is 7.20. The van der Waals surface area contributed by atoms with E-state index in [2.05, 4.69) is 15.3 Å². The Kier molecular flexibility index (Phi) is 4.91. The molecule has 0 saturated carbocycles. The number of hydrogen-bond acceptors (Lipinski definition) is 5. The van der Waals surface area contributed by atoms with Crippen LogP contribution >= 0.6 is 11.3 Å². The summed E-state index contributed by atoms with van der Waals surface area (Å²) in [6.07, 6.45) is 3.03. The van der Waals surface area contributed by atoms with Crippen LogP contribution in [0.15, 0.2) is 71.9 Å². The quantitative estimate of drug-likeness (QED) is 0.395. The number of nitrogens with zero attached hydrogens (tertiary/aromatic N) is 2. The van der Waals surface area contributed by atoms with Crippen molar-refractivity contribution in [3.63, 3.8) is 0 Å². The van der Waals surface area contributed by atoms with Gasteiger partial charge in [-0.1, -0.05) is 36.4 Å². The van der Waals surface area contributed by atoms with Gasteiger partial charge in [0.15, 0.2) is 5.78 Å². The number of anilines is 1. The Balaban J connectivity index is 1.47. The first-order chi connectivity index (χ1) is 15.5. The fourth-order valence-corrected chi connectivity index (χ4v) is 4.77. The lowest BCUT2D eigenvalue weighted by Gasteiger charge is -2.05. The number of nitrogens with one attached hydrogen (secondary N) is 2. The molecule has 1 amide bonds. The fraction of sp³-hybridized carbons (Fsp3) is 0.0833. The maximum Gasteiger partial charge on any atom is 0.266 e. The first-order valence-corrected chi connectivity index (χ1v) is 10.8. The van der Waals surface area contributed by atoms with E-state index in [4.69, 9.17) is 0 Å². The van der Waals surface area contributed by atoms with Gasteiger partial charge in [0.05, 0.1) is 23.1 Å². The van der Waals surface area contributed by atoms with E-state index >= 15 is 0 Å². The van der Waals surface area contributed by atoms with Crippen LogP contribution in [-0.2, 0) is 6.54 Å². The van der Waals surface area contributed by atoms with Crippen molar-refractivity contribution in [3.8, 4) is 0 Å². The third-order valence-corrected chi connectivity index (χ3v) is 6.56. The van der Waals surface area contributed by atoms with E-state index < -0.39 is 0 Å². The van der Waals surface area contributed by atoms with Crippen molar-refractivity contribution in [2.75, 3.05) is 5.32 Å². The van der Waals surface area contributed by atoms with Gasteiger partial charge in [0.25, 0.3) is 11.5 Å². The molecule has 158 valence electrons. The van der Waals surface area contributed by atoms with E-state index in [1.165, 1.54) is 22.2 Å². The third-order valence-electron chi connectivity index (χ3n) is 5.36. The van der Waals surface area contributed by atoms with Gasteiger partial charge in [-0.25, -0.2) is 4.98 Å². The van der Waals surface area contributed by atoms with Crippen molar-refractivity contribution < 1.29 is 9.59 Å². The molecule has 5 aromatic rings. The third kappa shape index (κ3) is 3.40. The molecular formula is C24H18N4O3S. The van der Waals surface area contributed by atoms with Crippen LogP contribution in [0.3, 0.4) is 0 Å². The van der Waals surface area contributed by atoms with Crippen LogP contribution in [0.25, 0.3) is 21.1 Å². The van der Waals surface area contributed by atoms with E-state index in [0.717, 1.165) is 10.9 Å². The van der Waals surface area contributed by atoms with E-state index in [-0.39, 0.29) is 23.8 Å². The number of aromatic amines is 1. The summed E-state index contributed by atoms with van der Waals surface area (Å²) in [7, 11) is 0. The number of amides is 1. The van der Waals surface area contributed by atoms with Gasteiger partial charge in [-0.15, -0.1) is 11.3 Å². The van der Waals surface area contributed by atoms with Crippen LogP contribution in [0.5, 0.6) is 0 Å². The number of fused-ring (bicyclic) bond motifs is 2. The number of carbonyl (C=O) groups excluding carboxylic acids is 2. The molecule has 0 aliphatic rings. The summed E-state index contributed by atoms with van der Waals surface area (Å²) in [5, 5.41) is 4.01. The standard InChI is InChI=1S/C24H18N4O3S/c1-14-20-23(32-21(14)22(30)27-15-7-3-2-4-8-15)26-13-28(24(20)31)12-19(29)17-11-25-18-10-6-5-9-16(17)18/h2-11,13,25H,12H2,1H3,(H,27,30). The van der Waals surface area contributed by atoms with Crippen LogP contribution in [0.4, 0.5) is 5.69 Å². The molecule has 0 unspecified atom stereocenters. The van der Waals surface area contributed by atoms with Crippen molar-refractivity contribution in [2.45, 2.75) is 13.5 Å². The molecule has 3 aromatic heterocycles. The summed E-state index contributed by atoms with van der Waals surface area (Å²) in [4.78, 5) is 47.2. The summed E-state index contributed by atoms with van der Waals surface area (Å²) >= 11 is 1.17. The molecule has 0 fully saturated rings. The molecule has 0 atom stereocenters. The average Bonchev–Trinajstić information content (AvgIpc) is 3.38. The van der Waals surface area contributed by atoms with Gasteiger partial charge in [-0.05, 0) is 30.7 Å². The van der Waals surface area contributed by atoms with Gasteiger partial charge in [-0.3, -0.25) is 19.0 Å². The van der Waals surface area contributed by atoms with Crippen molar-refractivity contribution in [2.24, 2.45) is 0 Å². The number of para-hydroxylation sites is 2. The van der Waals surface area contributed by atoms with Gasteiger partial charge in [0.1, 0.15) is 4.83 Å². The van der Waals surface area contributed by atoms with E-state index in [9.17, 15) is 14.4 Å². The maximum absolute atomic E-state index is 13.2. The number of hydrogen-bond donors (Lipinski definition) is 2. The Morgan fingerprint density at radius 2 is 1.84 bits per heavy atom. The molecule has 7 nitrogen and oxygen atoms in total. The highest BCUT2D eigenvalue weighted by atomic mass is 32.1. The highest BCUT2D eigenvalue weighted by Crippen LogP contribution is 2.28. The summed E-state index contributed by atoms with van der Waals surface area (Å²) in [5.41, 5.74) is 2.28. The van der Waals surface area contributed by atoms with E-state index in [0.29, 0.717) is 31.9 Å². The second kappa shape index (κ2) is 7.90.